The Morgan fingerprint density at radius 1 is 1.00 bits per heavy atom. The highest BCUT2D eigenvalue weighted by atomic mass is 15.2. The van der Waals surface area contributed by atoms with Gasteiger partial charge in [-0.15, -0.1) is 0 Å². The van der Waals surface area contributed by atoms with Crippen LogP contribution in [0.25, 0.3) is 0 Å². The van der Waals surface area contributed by atoms with E-state index in [9.17, 15) is 0 Å². The SMILES string of the molecule is CCCCCCCCCCCC1=NC(C)C(C)(C(C)C)N1. The van der Waals surface area contributed by atoms with Gasteiger partial charge in [0, 0.05) is 6.42 Å². The van der Waals surface area contributed by atoms with Crippen molar-refractivity contribution in [3.05, 3.63) is 0 Å². The molecule has 124 valence electrons. The zero-order chi connectivity index (χ0) is 15.7. The topological polar surface area (TPSA) is 24.4 Å². The summed E-state index contributed by atoms with van der Waals surface area (Å²) in [5, 5.41) is 3.69. The quantitative estimate of drug-likeness (QED) is 0.485. The molecule has 0 amide bonds. The molecule has 0 aromatic rings. The van der Waals surface area contributed by atoms with Crippen molar-refractivity contribution in [1.29, 1.82) is 0 Å². The number of aliphatic imine (C=N–C) groups is 1. The molecule has 1 heterocycles. The van der Waals surface area contributed by atoms with E-state index < -0.39 is 0 Å². The molecule has 1 aliphatic heterocycles. The van der Waals surface area contributed by atoms with Gasteiger partial charge in [-0.05, 0) is 26.2 Å². The second-order valence-electron chi connectivity index (χ2n) is 7.39. The highest BCUT2D eigenvalue weighted by Crippen LogP contribution is 2.28. The normalized spacial score (nSPS) is 25.2. The van der Waals surface area contributed by atoms with E-state index in [1.807, 2.05) is 0 Å². The minimum absolute atomic E-state index is 0.161. The summed E-state index contributed by atoms with van der Waals surface area (Å²) in [6, 6.07) is 0.408. The molecule has 0 aliphatic carbocycles. The Morgan fingerprint density at radius 3 is 2.00 bits per heavy atom. The fourth-order valence-corrected chi connectivity index (χ4v) is 3.17. The van der Waals surface area contributed by atoms with Crippen LogP contribution < -0.4 is 5.32 Å². The first kappa shape index (κ1) is 18.5. The number of nitrogens with zero attached hydrogens (tertiary/aromatic N) is 1. The molecular formula is C19H38N2. The molecule has 0 spiro atoms. The van der Waals surface area contributed by atoms with Crippen molar-refractivity contribution >= 4 is 5.84 Å². The van der Waals surface area contributed by atoms with Gasteiger partial charge < -0.3 is 5.32 Å². The Morgan fingerprint density at radius 2 is 1.52 bits per heavy atom. The first-order valence-electron chi connectivity index (χ1n) is 9.35. The maximum absolute atomic E-state index is 4.84. The van der Waals surface area contributed by atoms with E-state index in [1.165, 1.54) is 63.6 Å². The van der Waals surface area contributed by atoms with Crippen LogP contribution in [0, 0.1) is 5.92 Å². The maximum atomic E-state index is 4.84. The number of nitrogens with one attached hydrogen (secondary N) is 1. The lowest BCUT2D eigenvalue weighted by Gasteiger charge is -2.33. The second-order valence-corrected chi connectivity index (χ2v) is 7.39. The van der Waals surface area contributed by atoms with Crippen molar-refractivity contribution < 1.29 is 0 Å². The lowest BCUT2D eigenvalue weighted by Crippen LogP contribution is -2.51. The van der Waals surface area contributed by atoms with E-state index in [-0.39, 0.29) is 5.54 Å². The average molecular weight is 295 g/mol. The third-order valence-corrected chi connectivity index (χ3v) is 5.35. The molecule has 1 aliphatic rings. The van der Waals surface area contributed by atoms with E-state index in [0.29, 0.717) is 12.0 Å². The fourth-order valence-electron chi connectivity index (χ4n) is 3.17. The smallest absolute Gasteiger partial charge is 0.0972 e. The first-order chi connectivity index (χ1) is 10.0. The summed E-state index contributed by atoms with van der Waals surface area (Å²) in [6.07, 6.45) is 13.7. The summed E-state index contributed by atoms with van der Waals surface area (Å²) >= 11 is 0. The van der Waals surface area contributed by atoms with Crippen LogP contribution in [-0.4, -0.2) is 17.4 Å². The molecule has 0 aromatic heterocycles. The molecule has 21 heavy (non-hydrogen) atoms. The summed E-state index contributed by atoms with van der Waals surface area (Å²) in [6.45, 7) is 11.4. The average Bonchev–Trinajstić information content (AvgIpc) is 2.73. The number of unbranched alkanes of at least 4 members (excludes halogenated alkanes) is 8. The largest absolute Gasteiger partial charge is 0.366 e. The van der Waals surface area contributed by atoms with Crippen molar-refractivity contribution in [3.8, 4) is 0 Å². The van der Waals surface area contributed by atoms with Gasteiger partial charge in [-0.1, -0.05) is 72.1 Å². The summed E-state index contributed by atoms with van der Waals surface area (Å²) in [4.78, 5) is 4.84. The highest BCUT2D eigenvalue weighted by Gasteiger charge is 2.39. The van der Waals surface area contributed by atoms with Crippen molar-refractivity contribution in [1.82, 2.24) is 5.32 Å². The molecule has 0 saturated carbocycles. The van der Waals surface area contributed by atoms with Crippen LogP contribution in [0.5, 0.6) is 0 Å². The van der Waals surface area contributed by atoms with Gasteiger partial charge >= 0.3 is 0 Å². The molecule has 2 nitrogen and oxygen atoms in total. The Labute approximate surface area is 133 Å². The Kier molecular flexibility index (Phi) is 8.36. The number of rotatable bonds is 11. The van der Waals surface area contributed by atoms with Gasteiger partial charge in [-0.2, -0.15) is 0 Å². The molecule has 0 aromatic carbocycles. The predicted octanol–water partition coefficient (Wildman–Crippen LogP) is 5.71. The monoisotopic (exact) mass is 294 g/mol. The molecule has 1 N–H and O–H groups in total. The molecule has 2 heteroatoms. The number of hydrogen-bond donors (Lipinski definition) is 1. The summed E-state index contributed by atoms with van der Waals surface area (Å²) in [5.41, 5.74) is 0.161. The molecular weight excluding hydrogens is 256 g/mol. The van der Waals surface area contributed by atoms with Gasteiger partial charge in [0.05, 0.1) is 17.4 Å². The zero-order valence-corrected chi connectivity index (χ0v) is 15.2. The Hall–Kier alpha value is -0.530. The third kappa shape index (κ3) is 6.00. The van der Waals surface area contributed by atoms with Crippen LogP contribution in [0.3, 0.4) is 0 Å². The first-order valence-corrected chi connectivity index (χ1v) is 9.35. The van der Waals surface area contributed by atoms with Gasteiger partial charge in [0.1, 0.15) is 0 Å². The van der Waals surface area contributed by atoms with E-state index >= 15 is 0 Å². The fraction of sp³-hybridized carbons (Fsp3) is 0.947. The van der Waals surface area contributed by atoms with Gasteiger partial charge in [-0.25, -0.2) is 0 Å². The molecule has 0 fully saturated rings. The highest BCUT2D eigenvalue weighted by molar-refractivity contribution is 5.85. The lowest BCUT2D eigenvalue weighted by atomic mass is 9.83. The van der Waals surface area contributed by atoms with Gasteiger partial charge in [0.2, 0.25) is 0 Å². The molecule has 0 saturated heterocycles. The minimum Gasteiger partial charge on any atom is -0.366 e. The Bertz CT molecular complexity index is 309. The molecule has 1 rings (SSSR count). The maximum Gasteiger partial charge on any atom is 0.0972 e. The van der Waals surface area contributed by atoms with Crippen LogP contribution in [0.1, 0.15) is 98.8 Å². The third-order valence-electron chi connectivity index (χ3n) is 5.35. The van der Waals surface area contributed by atoms with E-state index in [4.69, 9.17) is 4.99 Å². The molecule has 0 radical (unpaired) electrons. The van der Waals surface area contributed by atoms with Gasteiger partial charge in [-0.3, -0.25) is 4.99 Å². The number of hydrogen-bond acceptors (Lipinski definition) is 2. The van der Waals surface area contributed by atoms with Crippen LogP contribution >= 0.6 is 0 Å². The molecule has 2 atom stereocenters. The summed E-state index contributed by atoms with van der Waals surface area (Å²) in [5.74, 6) is 1.87. The number of amidine groups is 1. The van der Waals surface area contributed by atoms with E-state index in [1.54, 1.807) is 0 Å². The zero-order valence-electron chi connectivity index (χ0n) is 15.2. The molecule has 0 bridgehead atoms. The summed E-state index contributed by atoms with van der Waals surface area (Å²) in [7, 11) is 0. The van der Waals surface area contributed by atoms with Crippen molar-refractivity contribution in [2.24, 2.45) is 10.9 Å². The minimum atomic E-state index is 0.161. The summed E-state index contributed by atoms with van der Waals surface area (Å²) < 4.78 is 0. The standard InChI is InChI=1S/C19H38N2/c1-6-7-8-9-10-11-12-13-14-15-18-20-17(4)19(5,21-18)16(2)3/h16-17H,6-15H2,1-5H3,(H,20,21). The Balaban J connectivity index is 2.05. The predicted molar refractivity (Wildman–Crippen MR) is 95.1 cm³/mol. The van der Waals surface area contributed by atoms with Gasteiger partial charge in [0.25, 0.3) is 0 Å². The van der Waals surface area contributed by atoms with Crippen molar-refractivity contribution in [3.63, 3.8) is 0 Å². The van der Waals surface area contributed by atoms with Crippen LogP contribution in [-0.2, 0) is 0 Å². The van der Waals surface area contributed by atoms with Crippen LogP contribution in [0.15, 0.2) is 4.99 Å². The van der Waals surface area contributed by atoms with Crippen LogP contribution in [0.4, 0.5) is 0 Å². The molecule has 2 unspecified atom stereocenters. The second kappa shape index (κ2) is 9.48. The van der Waals surface area contributed by atoms with E-state index in [0.717, 1.165) is 6.42 Å². The van der Waals surface area contributed by atoms with Gasteiger partial charge in [0.15, 0.2) is 0 Å². The lowest BCUT2D eigenvalue weighted by molar-refractivity contribution is 0.279. The van der Waals surface area contributed by atoms with Crippen molar-refractivity contribution in [2.45, 2.75) is 110 Å². The van der Waals surface area contributed by atoms with Crippen molar-refractivity contribution in [2.75, 3.05) is 0 Å². The van der Waals surface area contributed by atoms with Crippen LogP contribution in [0.2, 0.25) is 0 Å². The van der Waals surface area contributed by atoms with E-state index in [2.05, 4.69) is 39.9 Å².